The molecule has 0 unspecified atom stereocenters. The summed E-state index contributed by atoms with van der Waals surface area (Å²) in [6.45, 7) is 3.30. The number of aromatic nitrogens is 1. The van der Waals surface area contributed by atoms with Crippen LogP contribution in [0.4, 0.5) is 0 Å². The number of benzene rings is 1. The Labute approximate surface area is 167 Å². The summed E-state index contributed by atoms with van der Waals surface area (Å²) in [6.07, 6.45) is 2.36. The zero-order valence-corrected chi connectivity index (χ0v) is 16.7. The van der Waals surface area contributed by atoms with E-state index in [1.54, 1.807) is 0 Å². The average Bonchev–Trinajstić information content (AvgIpc) is 3.27. The summed E-state index contributed by atoms with van der Waals surface area (Å²) in [5.74, 6) is 0.102. The maximum atomic E-state index is 13.3. The fraction of sp³-hybridized carbons (Fsp3) is 0.450. The van der Waals surface area contributed by atoms with Crippen LogP contribution >= 0.6 is 22.9 Å². The van der Waals surface area contributed by atoms with Crippen molar-refractivity contribution in [1.82, 2.24) is 9.88 Å². The van der Waals surface area contributed by atoms with Crippen molar-refractivity contribution in [3.63, 3.8) is 0 Å². The molecule has 2 atom stereocenters. The van der Waals surface area contributed by atoms with E-state index in [9.17, 15) is 9.59 Å². The van der Waals surface area contributed by atoms with Gasteiger partial charge in [0.05, 0.1) is 24.9 Å². The highest BCUT2D eigenvalue weighted by Gasteiger charge is 2.40. The number of hydrogen-bond acceptors (Lipinski definition) is 5. The summed E-state index contributed by atoms with van der Waals surface area (Å²) in [5, 5.41) is 1.42. The van der Waals surface area contributed by atoms with Gasteiger partial charge < -0.3 is 9.64 Å². The molecule has 27 heavy (non-hydrogen) atoms. The number of rotatable bonds is 3. The Morgan fingerprint density at radius 3 is 3.00 bits per heavy atom. The zero-order valence-electron chi connectivity index (χ0n) is 15.1. The van der Waals surface area contributed by atoms with Crippen LogP contribution < -0.4 is 0 Å². The second-order valence-electron chi connectivity index (χ2n) is 7.05. The van der Waals surface area contributed by atoms with E-state index >= 15 is 0 Å². The van der Waals surface area contributed by atoms with E-state index in [-0.39, 0.29) is 23.7 Å². The van der Waals surface area contributed by atoms with Crippen molar-refractivity contribution in [2.45, 2.75) is 32.2 Å². The van der Waals surface area contributed by atoms with Crippen molar-refractivity contribution in [2.24, 2.45) is 5.92 Å². The third-order valence-electron chi connectivity index (χ3n) is 5.31. The Kier molecular flexibility index (Phi) is 5.30. The van der Waals surface area contributed by atoms with Crippen molar-refractivity contribution in [3.8, 4) is 10.6 Å². The van der Waals surface area contributed by atoms with Crippen LogP contribution in [0.25, 0.3) is 10.6 Å². The van der Waals surface area contributed by atoms with Gasteiger partial charge in [0.15, 0.2) is 0 Å². The topological polar surface area (TPSA) is 59.5 Å². The molecule has 1 aliphatic heterocycles. The summed E-state index contributed by atoms with van der Waals surface area (Å²) >= 11 is 7.47. The van der Waals surface area contributed by atoms with Crippen molar-refractivity contribution in [1.29, 1.82) is 0 Å². The molecule has 1 saturated carbocycles. The monoisotopic (exact) mass is 404 g/mol. The molecule has 1 aromatic heterocycles. The van der Waals surface area contributed by atoms with Crippen LogP contribution in [-0.4, -0.2) is 47.4 Å². The second kappa shape index (κ2) is 7.70. The van der Waals surface area contributed by atoms with Gasteiger partial charge in [-0.3, -0.25) is 9.59 Å². The smallest absolute Gasteiger partial charge is 0.266 e. The third kappa shape index (κ3) is 3.66. The van der Waals surface area contributed by atoms with Crippen LogP contribution in [0.1, 0.15) is 34.6 Å². The fourth-order valence-electron chi connectivity index (χ4n) is 3.93. The zero-order chi connectivity index (χ0) is 19.0. The maximum Gasteiger partial charge on any atom is 0.266 e. The largest absolute Gasteiger partial charge is 0.377 e. The Morgan fingerprint density at radius 1 is 1.41 bits per heavy atom. The number of thiazole rings is 1. The predicted octanol–water partition coefficient (Wildman–Crippen LogP) is 3.98. The number of carbonyl (C=O) groups is 2. The molecule has 4 rings (SSSR count). The molecule has 2 heterocycles. The maximum absolute atomic E-state index is 13.3. The van der Waals surface area contributed by atoms with Gasteiger partial charge in [-0.05, 0) is 31.9 Å². The number of aryl methyl sites for hydroxylation is 1. The number of halogens is 1. The molecule has 0 radical (unpaired) electrons. The van der Waals surface area contributed by atoms with Gasteiger partial charge in [-0.15, -0.1) is 11.3 Å². The summed E-state index contributed by atoms with van der Waals surface area (Å²) in [5.41, 5.74) is 1.61. The second-order valence-corrected chi connectivity index (χ2v) is 8.49. The minimum atomic E-state index is -0.169. The molecule has 5 nitrogen and oxygen atoms in total. The molecule has 142 valence electrons. The van der Waals surface area contributed by atoms with Crippen LogP contribution in [0.15, 0.2) is 24.3 Å². The quantitative estimate of drug-likeness (QED) is 0.776. The molecule has 1 aromatic carbocycles. The summed E-state index contributed by atoms with van der Waals surface area (Å²) < 4.78 is 5.60. The third-order valence-corrected chi connectivity index (χ3v) is 6.73. The average molecular weight is 405 g/mol. The van der Waals surface area contributed by atoms with Crippen LogP contribution in [0.3, 0.4) is 0 Å². The number of ketones is 1. The number of Topliss-reactive ketones (excluding diaryl/α,β-unsaturated/α-hetero) is 1. The van der Waals surface area contributed by atoms with Crippen molar-refractivity contribution >= 4 is 34.6 Å². The summed E-state index contributed by atoms with van der Waals surface area (Å²) in [6, 6.07) is 7.31. The highest BCUT2D eigenvalue weighted by molar-refractivity contribution is 7.17. The van der Waals surface area contributed by atoms with Crippen LogP contribution in [0.5, 0.6) is 0 Å². The van der Waals surface area contributed by atoms with Gasteiger partial charge >= 0.3 is 0 Å². The fourth-order valence-corrected chi connectivity index (χ4v) is 5.14. The molecule has 2 aliphatic rings. The molecular weight excluding hydrogens is 384 g/mol. The Morgan fingerprint density at radius 2 is 2.26 bits per heavy atom. The van der Waals surface area contributed by atoms with Gasteiger partial charge in [0.2, 0.25) is 0 Å². The standard InChI is InChI=1S/C20H21ClN2O3S/c1-12-18(27-19(22-12)13-4-2-5-14(21)10-13)20(25)23-8-9-26-11-16(23)15-6-3-7-17(15)24/h2,4-5,10,15-16H,3,6-9,11H2,1H3/t15-,16-/m1/s1. The number of amides is 1. The van der Waals surface area contributed by atoms with Crippen molar-refractivity contribution in [2.75, 3.05) is 19.8 Å². The first-order chi connectivity index (χ1) is 13.0. The summed E-state index contributed by atoms with van der Waals surface area (Å²) in [7, 11) is 0. The van der Waals surface area contributed by atoms with Gasteiger partial charge in [-0.1, -0.05) is 23.7 Å². The molecule has 1 saturated heterocycles. The molecule has 7 heteroatoms. The molecule has 1 aliphatic carbocycles. The number of hydrogen-bond donors (Lipinski definition) is 0. The molecule has 0 bridgehead atoms. The Hall–Kier alpha value is -1.76. The lowest BCUT2D eigenvalue weighted by Gasteiger charge is -2.38. The van der Waals surface area contributed by atoms with Gasteiger partial charge in [0.1, 0.15) is 15.7 Å². The molecule has 1 amide bonds. The Bertz CT molecular complexity index is 882. The van der Waals surface area contributed by atoms with Gasteiger partial charge in [0.25, 0.3) is 5.91 Å². The first-order valence-corrected chi connectivity index (χ1v) is 10.4. The van der Waals surface area contributed by atoms with Crippen molar-refractivity contribution in [3.05, 3.63) is 39.9 Å². The molecule has 0 N–H and O–H groups in total. The number of ether oxygens (including phenoxy) is 1. The lowest BCUT2D eigenvalue weighted by Crippen LogP contribution is -2.53. The van der Waals surface area contributed by atoms with E-state index < -0.39 is 0 Å². The molecular formula is C20H21ClN2O3S. The Balaban J connectivity index is 1.62. The van der Waals surface area contributed by atoms with E-state index in [1.807, 2.05) is 36.1 Å². The van der Waals surface area contributed by atoms with Crippen LogP contribution in [-0.2, 0) is 9.53 Å². The normalized spacial score (nSPS) is 23.0. The first-order valence-electron chi connectivity index (χ1n) is 9.19. The highest BCUT2D eigenvalue weighted by Crippen LogP contribution is 2.33. The molecule has 2 fully saturated rings. The summed E-state index contributed by atoms with van der Waals surface area (Å²) in [4.78, 5) is 32.6. The minimum absolute atomic E-state index is 0.0497. The number of nitrogens with zero attached hydrogens (tertiary/aromatic N) is 2. The lowest BCUT2D eigenvalue weighted by molar-refractivity contribution is -0.124. The van der Waals surface area contributed by atoms with E-state index in [0.29, 0.717) is 41.8 Å². The van der Waals surface area contributed by atoms with Crippen LogP contribution in [0, 0.1) is 12.8 Å². The molecule has 2 aromatic rings. The van der Waals surface area contributed by atoms with Gasteiger partial charge in [-0.25, -0.2) is 4.98 Å². The minimum Gasteiger partial charge on any atom is -0.377 e. The lowest BCUT2D eigenvalue weighted by atomic mass is 9.95. The van der Waals surface area contributed by atoms with E-state index in [0.717, 1.165) is 23.4 Å². The van der Waals surface area contributed by atoms with E-state index in [2.05, 4.69) is 4.98 Å². The van der Waals surface area contributed by atoms with Crippen molar-refractivity contribution < 1.29 is 14.3 Å². The first kappa shape index (κ1) is 18.6. The van der Waals surface area contributed by atoms with Crippen LogP contribution in [0.2, 0.25) is 5.02 Å². The van der Waals surface area contributed by atoms with Gasteiger partial charge in [0, 0.05) is 29.5 Å². The number of carbonyl (C=O) groups excluding carboxylic acids is 2. The molecule has 0 spiro atoms. The van der Waals surface area contributed by atoms with E-state index in [4.69, 9.17) is 16.3 Å². The van der Waals surface area contributed by atoms with E-state index in [1.165, 1.54) is 11.3 Å². The number of morpholine rings is 1. The SMILES string of the molecule is Cc1nc(-c2cccc(Cl)c2)sc1C(=O)N1CCOC[C@@H]1[C@H]1CCCC1=O. The highest BCUT2D eigenvalue weighted by atomic mass is 35.5. The predicted molar refractivity (Wildman–Crippen MR) is 105 cm³/mol. The van der Waals surface area contributed by atoms with Gasteiger partial charge in [-0.2, -0.15) is 0 Å².